The lowest BCUT2D eigenvalue weighted by Crippen LogP contribution is -2.49. The van der Waals surface area contributed by atoms with Crippen LogP contribution in [0, 0.1) is 29.6 Å². The van der Waals surface area contributed by atoms with Gasteiger partial charge in [-0.2, -0.15) is 0 Å². The van der Waals surface area contributed by atoms with Crippen LogP contribution in [0.25, 0.3) is 0 Å². The van der Waals surface area contributed by atoms with E-state index in [9.17, 15) is 4.79 Å². The highest BCUT2D eigenvalue weighted by Crippen LogP contribution is 2.42. The van der Waals surface area contributed by atoms with Crippen molar-refractivity contribution in [3.63, 3.8) is 0 Å². The molecular formula is C17H30N2O. The third-order valence-corrected chi connectivity index (χ3v) is 6.24. The first-order chi connectivity index (χ1) is 9.56. The fourth-order valence-electron chi connectivity index (χ4n) is 4.78. The summed E-state index contributed by atoms with van der Waals surface area (Å²) >= 11 is 0. The van der Waals surface area contributed by atoms with E-state index in [-0.39, 0.29) is 5.92 Å². The molecule has 0 aromatic rings. The molecule has 3 unspecified atom stereocenters. The average Bonchev–Trinajstić information content (AvgIpc) is 2.87. The first-order valence-electron chi connectivity index (χ1n) is 8.60. The molecule has 2 bridgehead atoms. The molecule has 2 N–H and O–H groups in total. The fraction of sp³-hybridized carbons (Fsp3) is 0.941. The molecule has 0 spiro atoms. The predicted molar refractivity (Wildman–Crippen MR) is 81.1 cm³/mol. The fourth-order valence-corrected chi connectivity index (χ4v) is 4.78. The van der Waals surface area contributed by atoms with Crippen molar-refractivity contribution in [2.45, 2.75) is 58.4 Å². The highest BCUT2D eigenvalue weighted by atomic mass is 16.2. The lowest BCUT2D eigenvalue weighted by Gasteiger charge is -2.44. The summed E-state index contributed by atoms with van der Waals surface area (Å²) < 4.78 is 0. The van der Waals surface area contributed by atoms with Crippen molar-refractivity contribution in [1.82, 2.24) is 4.90 Å². The minimum absolute atomic E-state index is 0.274. The molecule has 0 aromatic carbocycles. The number of likely N-dealkylation sites (tertiary alicyclic amines) is 1. The maximum Gasteiger partial charge on any atom is 0.225 e. The number of carbonyl (C=O) groups is 1. The van der Waals surface area contributed by atoms with Crippen LogP contribution >= 0.6 is 0 Å². The van der Waals surface area contributed by atoms with E-state index in [4.69, 9.17) is 5.73 Å². The van der Waals surface area contributed by atoms with E-state index >= 15 is 0 Å². The Morgan fingerprint density at radius 1 is 1.15 bits per heavy atom. The molecule has 1 amide bonds. The minimum atomic E-state index is 0.274. The van der Waals surface area contributed by atoms with Gasteiger partial charge in [-0.15, -0.1) is 0 Å². The van der Waals surface area contributed by atoms with E-state index in [1.165, 1.54) is 25.7 Å². The SMILES string of the molecule is CC(C)C1CCN(C(=O)C2CC3CCCC(C2)C3N)C1. The molecule has 1 aliphatic heterocycles. The molecule has 114 valence electrons. The van der Waals surface area contributed by atoms with Crippen molar-refractivity contribution >= 4 is 5.91 Å². The number of hydrogen-bond acceptors (Lipinski definition) is 2. The quantitative estimate of drug-likeness (QED) is 0.844. The number of nitrogens with two attached hydrogens (primary N) is 1. The van der Waals surface area contributed by atoms with E-state index < -0.39 is 0 Å². The van der Waals surface area contributed by atoms with Crippen LogP contribution in [-0.4, -0.2) is 29.9 Å². The van der Waals surface area contributed by atoms with Crippen LogP contribution in [0.1, 0.15) is 52.4 Å². The number of hydrogen-bond donors (Lipinski definition) is 1. The van der Waals surface area contributed by atoms with Crippen LogP contribution in [0.3, 0.4) is 0 Å². The summed E-state index contributed by atoms with van der Waals surface area (Å²) in [7, 11) is 0. The average molecular weight is 278 g/mol. The highest BCUT2D eigenvalue weighted by molar-refractivity contribution is 5.79. The van der Waals surface area contributed by atoms with Crippen molar-refractivity contribution in [2.24, 2.45) is 35.3 Å². The van der Waals surface area contributed by atoms with Crippen LogP contribution in [0.15, 0.2) is 0 Å². The van der Waals surface area contributed by atoms with Crippen LogP contribution in [0.2, 0.25) is 0 Å². The molecule has 0 aromatic heterocycles. The van der Waals surface area contributed by atoms with Gasteiger partial charge in [-0.1, -0.05) is 20.3 Å². The summed E-state index contributed by atoms with van der Waals surface area (Å²) in [4.78, 5) is 14.9. The van der Waals surface area contributed by atoms with Gasteiger partial charge in [-0.25, -0.2) is 0 Å². The van der Waals surface area contributed by atoms with Gasteiger partial charge in [0.2, 0.25) is 5.91 Å². The number of rotatable bonds is 2. The van der Waals surface area contributed by atoms with Crippen LogP contribution < -0.4 is 5.73 Å². The highest BCUT2D eigenvalue weighted by Gasteiger charge is 2.42. The largest absolute Gasteiger partial charge is 0.342 e. The van der Waals surface area contributed by atoms with E-state index in [1.54, 1.807) is 0 Å². The maximum absolute atomic E-state index is 12.8. The van der Waals surface area contributed by atoms with Crippen LogP contribution in [0.4, 0.5) is 0 Å². The zero-order chi connectivity index (χ0) is 14.3. The van der Waals surface area contributed by atoms with Gasteiger partial charge in [-0.3, -0.25) is 4.79 Å². The van der Waals surface area contributed by atoms with Crippen molar-refractivity contribution in [1.29, 1.82) is 0 Å². The van der Waals surface area contributed by atoms with Gasteiger partial charge in [0.1, 0.15) is 0 Å². The Labute approximate surface area is 123 Å². The van der Waals surface area contributed by atoms with Gasteiger partial charge in [0.15, 0.2) is 0 Å². The smallest absolute Gasteiger partial charge is 0.225 e. The maximum atomic E-state index is 12.8. The van der Waals surface area contributed by atoms with Gasteiger partial charge in [0, 0.05) is 25.0 Å². The number of nitrogens with zero attached hydrogens (tertiary/aromatic N) is 1. The van der Waals surface area contributed by atoms with Crippen molar-refractivity contribution in [3.05, 3.63) is 0 Å². The van der Waals surface area contributed by atoms with Crippen molar-refractivity contribution < 1.29 is 4.79 Å². The number of amides is 1. The molecule has 3 atom stereocenters. The molecule has 3 aliphatic rings. The van der Waals surface area contributed by atoms with Crippen molar-refractivity contribution in [2.75, 3.05) is 13.1 Å². The van der Waals surface area contributed by atoms with Gasteiger partial charge >= 0.3 is 0 Å². The van der Waals surface area contributed by atoms with E-state index in [0.717, 1.165) is 25.9 Å². The molecule has 20 heavy (non-hydrogen) atoms. The third kappa shape index (κ3) is 2.61. The molecule has 0 radical (unpaired) electrons. The van der Waals surface area contributed by atoms with Gasteiger partial charge in [0.05, 0.1) is 0 Å². The molecule has 2 aliphatic carbocycles. The van der Waals surface area contributed by atoms with Gasteiger partial charge in [0.25, 0.3) is 0 Å². The Morgan fingerprint density at radius 3 is 2.35 bits per heavy atom. The molecule has 1 heterocycles. The summed E-state index contributed by atoms with van der Waals surface area (Å²) in [6, 6.07) is 0.370. The molecule has 3 fully saturated rings. The molecule has 3 heteroatoms. The first kappa shape index (κ1) is 14.4. The Kier molecular flexibility index (Phi) is 4.07. The van der Waals surface area contributed by atoms with E-state index in [0.29, 0.717) is 35.6 Å². The molecule has 1 saturated heterocycles. The summed E-state index contributed by atoms with van der Waals surface area (Å²) in [6.07, 6.45) is 7.12. The predicted octanol–water partition coefficient (Wildman–Crippen LogP) is 2.64. The Hall–Kier alpha value is -0.570. The van der Waals surface area contributed by atoms with E-state index in [1.807, 2.05) is 0 Å². The minimum Gasteiger partial charge on any atom is -0.342 e. The number of fused-ring (bicyclic) bond motifs is 2. The second kappa shape index (κ2) is 5.67. The summed E-state index contributed by atoms with van der Waals surface area (Å²) in [5.74, 6) is 3.35. The Bertz CT molecular complexity index is 354. The topological polar surface area (TPSA) is 46.3 Å². The first-order valence-corrected chi connectivity index (χ1v) is 8.60. The van der Waals surface area contributed by atoms with Crippen LogP contribution in [-0.2, 0) is 4.79 Å². The molecular weight excluding hydrogens is 248 g/mol. The number of carbonyl (C=O) groups excluding carboxylic acids is 1. The van der Waals surface area contributed by atoms with Crippen LogP contribution in [0.5, 0.6) is 0 Å². The normalized spacial score (nSPS) is 41.2. The Morgan fingerprint density at radius 2 is 1.80 bits per heavy atom. The van der Waals surface area contributed by atoms with Gasteiger partial charge < -0.3 is 10.6 Å². The van der Waals surface area contributed by atoms with Gasteiger partial charge in [-0.05, 0) is 55.8 Å². The standard InChI is InChI=1S/C17H30N2O/c1-11(2)14-6-7-19(10-14)17(20)15-8-12-4-3-5-13(9-15)16(12)18/h11-16H,3-10,18H2,1-2H3. The second-order valence-electron chi connectivity index (χ2n) is 7.77. The molecule has 3 rings (SSSR count). The monoisotopic (exact) mass is 278 g/mol. The molecule has 3 nitrogen and oxygen atoms in total. The Balaban J connectivity index is 1.61. The van der Waals surface area contributed by atoms with E-state index in [2.05, 4.69) is 18.7 Å². The lowest BCUT2D eigenvalue weighted by atomic mass is 9.65. The third-order valence-electron chi connectivity index (χ3n) is 6.24. The zero-order valence-corrected chi connectivity index (χ0v) is 13.1. The van der Waals surface area contributed by atoms with Crippen molar-refractivity contribution in [3.8, 4) is 0 Å². The lowest BCUT2D eigenvalue weighted by molar-refractivity contribution is -0.137. The summed E-state index contributed by atoms with van der Waals surface area (Å²) in [5, 5.41) is 0. The summed E-state index contributed by atoms with van der Waals surface area (Å²) in [6.45, 7) is 6.54. The summed E-state index contributed by atoms with van der Waals surface area (Å²) in [5.41, 5.74) is 6.34. The second-order valence-corrected chi connectivity index (χ2v) is 7.77. The zero-order valence-electron chi connectivity index (χ0n) is 13.1. The molecule has 2 saturated carbocycles.